The van der Waals surface area contributed by atoms with E-state index in [1.54, 1.807) is 0 Å². The molecule has 0 aliphatic carbocycles. The van der Waals surface area contributed by atoms with E-state index in [1.165, 1.54) is 32.8 Å². The number of aromatic amines is 1. The van der Waals surface area contributed by atoms with Gasteiger partial charge in [0.25, 0.3) is 0 Å². The fourth-order valence-corrected chi connectivity index (χ4v) is 10.5. The van der Waals surface area contributed by atoms with Crippen molar-refractivity contribution >= 4 is 65.7 Å². The smallest absolute Gasteiger partial charge is 0.145 e. The minimum atomic E-state index is 0.853. The van der Waals surface area contributed by atoms with Crippen LogP contribution >= 0.6 is 0 Å². The number of H-pyrrole nitrogens is 1. The Bertz CT molecular complexity index is 4110. The van der Waals surface area contributed by atoms with Crippen LogP contribution in [0.2, 0.25) is 0 Å². The van der Waals surface area contributed by atoms with Gasteiger partial charge in [-0.15, -0.1) is 0 Å². The van der Waals surface area contributed by atoms with Crippen LogP contribution in [-0.4, -0.2) is 19.1 Å². The number of para-hydroxylation sites is 6. The van der Waals surface area contributed by atoms with Gasteiger partial charge in [-0.05, 0) is 137 Å². The van der Waals surface area contributed by atoms with Gasteiger partial charge in [0, 0.05) is 54.9 Å². The molecule has 0 saturated heterocycles. The summed E-state index contributed by atoms with van der Waals surface area (Å²) in [4.78, 5) is 9.23. The van der Waals surface area contributed by atoms with Crippen LogP contribution in [-0.2, 0) is 0 Å². The average Bonchev–Trinajstić information content (AvgIpc) is 4.18. The molecule has 318 valence electrons. The predicted octanol–water partition coefficient (Wildman–Crippen LogP) is 16.8. The number of nitrogens with one attached hydrogen (secondary N) is 1. The minimum Gasteiger partial charge on any atom is -0.456 e. The average molecular weight is 869 g/mol. The van der Waals surface area contributed by atoms with Gasteiger partial charge in [-0.1, -0.05) is 133 Å². The van der Waals surface area contributed by atoms with Gasteiger partial charge in [0.05, 0.1) is 27.8 Å². The van der Waals surface area contributed by atoms with Crippen LogP contribution < -0.4 is 0 Å². The van der Waals surface area contributed by atoms with Gasteiger partial charge >= 0.3 is 0 Å². The molecule has 0 aliphatic heterocycles. The summed E-state index contributed by atoms with van der Waals surface area (Å²) in [5.41, 5.74) is 19.3. The molecule has 14 aromatic rings. The van der Waals surface area contributed by atoms with E-state index in [0.29, 0.717) is 0 Å². The van der Waals surface area contributed by atoms with Crippen LogP contribution in [0.15, 0.2) is 241 Å². The second-order valence-electron chi connectivity index (χ2n) is 17.6. The monoisotopic (exact) mass is 868 g/mol. The van der Waals surface area contributed by atoms with Crippen molar-refractivity contribution in [3.63, 3.8) is 0 Å². The summed E-state index contributed by atoms with van der Waals surface area (Å²) in [6, 6.07) is 84.6. The third-order valence-corrected chi connectivity index (χ3v) is 13.6. The Morgan fingerprint density at radius 1 is 0.338 bits per heavy atom. The largest absolute Gasteiger partial charge is 0.456 e. The SMILES string of the molecule is c1ccc(-c2c(-c3cc(-c4ccc5oc6ccc(-c7ccc8c(c7)c7ccccc7n8-c7ccccc7)cc6c5c4)cc(-c4nc5ccccc5n4-c4ccccc4)c3)[nH]c3ccccc23)cc1. The zero-order valence-electron chi connectivity index (χ0n) is 36.8. The Morgan fingerprint density at radius 2 is 0.868 bits per heavy atom. The van der Waals surface area contributed by atoms with Gasteiger partial charge in [-0.3, -0.25) is 4.57 Å². The van der Waals surface area contributed by atoms with Crippen LogP contribution in [0.3, 0.4) is 0 Å². The standard InChI is InChI=1S/C63H40N4O/c1-4-16-40(17-5-1)61-50-23-10-12-24-54(50)64-62(61)45-34-44(35-46(36-45)63-65-55-25-13-15-27-58(55)67(63)48-20-8-3-9-21-48)43-30-33-60-53(39-43)52-38-42(29-32-59(52)68-60)41-28-31-57-51(37-41)49-22-11-14-26-56(49)66(57)47-18-6-2-7-19-47/h1-39,64H. The van der Waals surface area contributed by atoms with Crippen LogP contribution in [0.4, 0.5) is 0 Å². The maximum Gasteiger partial charge on any atom is 0.145 e. The highest BCUT2D eigenvalue weighted by Gasteiger charge is 2.21. The van der Waals surface area contributed by atoms with Crippen LogP contribution in [0.5, 0.6) is 0 Å². The number of furan rings is 1. The van der Waals surface area contributed by atoms with Gasteiger partial charge in [-0.25, -0.2) is 4.98 Å². The maximum atomic E-state index is 6.58. The Labute approximate surface area is 391 Å². The van der Waals surface area contributed by atoms with Crippen molar-refractivity contribution in [2.45, 2.75) is 0 Å². The van der Waals surface area contributed by atoms with Crippen LogP contribution in [0.1, 0.15) is 0 Å². The van der Waals surface area contributed by atoms with Gasteiger partial charge < -0.3 is 14.0 Å². The van der Waals surface area contributed by atoms with Crippen molar-refractivity contribution in [3.8, 4) is 67.4 Å². The van der Waals surface area contributed by atoms with Crippen molar-refractivity contribution in [2.75, 3.05) is 0 Å². The number of aromatic nitrogens is 4. The molecular weight excluding hydrogens is 829 g/mol. The number of hydrogen-bond donors (Lipinski definition) is 1. The second-order valence-corrected chi connectivity index (χ2v) is 17.6. The molecule has 1 N–H and O–H groups in total. The summed E-state index contributed by atoms with van der Waals surface area (Å²) in [5.74, 6) is 0.876. The topological polar surface area (TPSA) is 51.7 Å². The van der Waals surface area contributed by atoms with Gasteiger partial charge in [0.1, 0.15) is 17.0 Å². The zero-order valence-corrected chi connectivity index (χ0v) is 36.8. The summed E-state index contributed by atoms with van der Waals surface area (Å²) in [7, 11) is 0. The molecule has 0 bridgehead atoms. The molecule has 4 aromatic heterocycles. The van der Waals surface area contributed by atoms with E-state index in [2.05, 4.69) is 251 Å². The van der Waals surface area contributed by atoms with Crippen LogP contribution in [0, 0.1) is 0 Å². The molecule has 68 heavy (non-hydrogen) atoms. The summed E-state index contributed by atoms with van der Waals surface area (Å²) < 4.78 is 11.2. The summed E-state index contributed by atoms with van der Waals surface area (Å²) in [6.45, 7) is 0. The summed E-state index contributed by atoms with van der Waals surface area (Å²) >= 11 is 0. The molecule has 0 aliphatic rings. The Hall–Kier alpha value is -9.19. The lowest BCUT2D eigenvalue weighted by molar-refractivity contribution is 0.669. The van der Waals surface area contributed by atoms with Crippen molar-refractivity contribution in [2.24, 2.45) is 0 Å². The molecule has 10 aromatic carbocycles. The minimum absolute atomic E-state index is 0.853. The van der Waals surface area contributed by atoms with Crippen LogP contribution in [0.25, 0.3) is 133 Å². The number of rotatable bonds is 7. The Kier molecular flexibility index (Phi) is 8.52. The van der Waals surface area contributed by atoms with E-state index < -0.39 is 0 Å². The number of fused-ring (bicyclic) bond motifs is 8. The fraction of sp³-hybridized carbons (Fsp3) is 0. The zero-order chi connectivity index (χ0) is 44.7. The van der Waals surface area contributed by atoms with E-state index in [1.807, 2.05) is 0 Å². The van der Waals surface area contributed by atoms with Crippen molar-refractivity contribution in [1.82, 2.24) is 19.1 Å². The lowest BCUT2D eigenvalue weighted by Gasteiger charge is -2.14. The Morgan fingerprint density at radius 3 is 1.60 bits per heavy atom. The molecule has 14 rings (SSSR count). The first-order valence-electron chi connectivity index (χ1n) is 23.1. The van der Waals surface area contributed by atoms with Crippen molar-refractivity contribution in [1.29, 1.82) is 0 Å². The molecule has 4 heterocycles. The molecule has 0 radical (unpaired) electrons. The van der Waals surface area contributed by atoms with Crippen molar-refractivity contribution in [3.05, 3.63) is 237 Å². The normalized spacial score (nSPS) is 11.8. The molecule has 5 heteroatoms. The van der Waals surface area contributed by atoms with Gasteiger partial charge in [-0.2, -0.15) is 0 Å². The highest BCUT2D eigenvalue weighted by molar-refractivity contribution is 6.12. The van der Waals surface area contributed by atoms with Gasteiger partial charge in [0.2, 0.25) is 0 Å². The van der Waals surface area contributed by atoms with E-state index >= 15 is 0 Å². The molecular formula is C63H40N4O. The number of benzene rings is 10. The Balaban J connectivity index is 0.963. The number of hydrogen-bond acceptors (Lipinski definition) is 2. The number of imidazole rings is 1. The molecule has 0 spiro atoms. The van der Waals surface area contributed by atoms with Gasteiger partial charge in [0.15, 0.2) is 0 Å². The molecule has 0 fully saturated rings. The van der Waals surface area contributed by atoms with Crippen molar-refractivity contribution < 1.29 is 4.42 Å². The molecule has 0 amide bonds. The third-order valence-electron chi connectivity index (χ3n) is 13.6. The highest BCUT2D eigenvalue weighted by atomic mass is 16.3. The van der Waals surface area contributed by atoms with E-state index in [-0.39, 0.29) is 0 Å². The first-order chi connectivity index (χ1) is 33.7. The summed E-state index contributed by atoms with van der Waals surface area (Å²) in [6.07, 6.45) is 0. The van der Waals surface area contributed by atoms with E-state index in [0.717, 1.165) is 100 Å². The number of nitrogens with zero attached hydrogens (tertiary/aromatic N) is 3. The predicted molar refractivity (Wildman–Crippen MR) is 282 cm³/mol. The molecule has 0 atom stereocenters. The van der Waals surface area contributed by atoms with E-state index in [4.69, 9.17) is 9.40 Å². The lowest BCUT2D eigenvalue weighted by atomic mass is 9.93. The fourth-order valence-electron chi connectivity index (χ4n) is 10.5. The van der Waals surface area contributed by atoms with E-state index in [9.17, 15) is 0 Å². The molecule has 5 nitrogen and oxygen atoms in total. The first kappa shape index (κ1) is 38.1. The molecule has 0 saturated carbocycles. The first-order valence-corrected chi connectivity index (χ1v) is 23.1. The second kappa shape index (κ2) is 15.2. The summed E-state index contributed by atoms with van der Waals surface area (Å²) in [5, 5.41) is 5.79. The lowest BCUT2D eigenvalue weighted by Crippen LogP contribution is -1.98. The third kappa shape index (κ3) is 6.06. The maximum absolute atomic E-state index is 6.58. The quantitative estimate of drug-likeness (QED) is 0.173. The highest BCUT2D eigenvalue weighted by Crippen LogP contribution is 2.43. The molecule has 0 unspecified atom stereocenters.